The van der Waals surface area contributed by atoms with Gasteiger partial charge in [-0.25, -0.2) is 0 Å². The van der Waals surface area contributed by atoms with Gasteiger partial charge in [-0.2, -0.15) is 0 Å². The molecule has 3 N–H and O–H groups in total. The van der Waals surface area contributed by atoms with Gasteiger partial charge in [0.15, 0.2) is 0 Å². The van der Waals surface area contributed by atoms with E-state index < -0.39 is 31.9 Å². The fourth-order valence-corrected chi connectivity index (χ4v) is 0.758. The van der Waals surface area contributed by atoms with Gasteiger partial charge < -0.3 is 24.8 Å². The van der Waals surface area contributed by atoms with Crippen molar-refractivity contribution in [2.75, 3.05) is 7.11 Å². The number of aliphatic hydroxyl groups excluding tert-OH is 1. The zero-order valence-corrected chi connectivity index (χ0v) is 8.73. The molecule has 0 aliphatic rings. The molecule has 0 fully saturated rings. The minimum Gasteiger partial charge on any atom is -0.550 e. The Labute approximate surface area is 92.5 Å². The summed E-state index contributed by atoms with van der Waals surface area (Å²) in [6.45, 7) is 0. The summed E-state index contributed by atoms with van der Waals surface area (Å²) >= 11 is 0. The van der Waals surface area contributed by atoms with E-state index in [9.17, 15) is 19.3 Å². The molecular weight excluding hydrogens is 210 g/mol. The number of hydrogen-bond donors (Lipinski definition) is 3. The first-order valence-corrected chi connectivity index (χ1v) is 4.69. The van der Waals surface area contributed by atoms with E-state index in [0.29, 0.717) is 0 Å². The predicted molar refractivity (Wildman–Crippen MR) is 39.4 cm³/mol. The second kappa shape index (κ2) is 9.40. The van der Waals surface area contributed by atoms with Crippen molar-refractivity contribution < 1.29 is 53.0 Å². The van der Waals surface area contributed by atoms with E-state index in [2.05, 4.69) is 0 Å². The minimum absolute atomic E-state index is 0. The normalized spacial score (nSPS) is 9.14. The topological polar surface area (TPSA) is 135 Å². The maximum Gasteiger partial charge on any atom is 1.00 e. The van der Waals surface area contributed by atoms with Crippen molar-refractivity contribution in [3.63, 3.8) is 0 Å². The largest absolute Gasteiger partial charge is 1.00 e. The van der Waals surface area contributed by atoms with E-state index in [-0.39, 0.29) is 18.9 Å². The fraction of sp³-hybridized carbons (Fsp3) is 0.600. The van der Waals surface area contributed by atoms with E-state index in [4.69, 9.17) is 14.9 Å². The number of hydrogen-bond acceptors (Lipinski definition) is 5. The first kappa shape index (κ1) is 19.4. The standard InChI is InChI=1S/C4H7O6P.CH4O.Li/c5-3(6)1-2-4(7)11(8,9)10;1-2;/h1-2H2,(H,5,6)(H2,8,9,10);2H,1H3;/q;;+1/p-1. The van der Waals surface area contributed by atoms with Gasteiger partial charge in [-0.15, -0.1) is 0 Å². The first-order valence-electron chi connectivity index (χ1n) is 3.07. The molecule has 0 aromatic heterocycles. The molecule has 9 heteroatoms. The Hall–Kier alpha value is -0.153. The summed E-state index contributed by atoms with van der Waals surface area (Å²) in [5, 5.41) is 16.7. The van der Waals surface area contributed by atoms with Crippen LogP contribution in [0.1, 0.15) is 12.8 Å². The van der Waals surface area contributed by atoms with Gasteiger partial charge in [0, 0.05) is 19.5 Å². The summed E-state index contributed by atoms with van der Waals surface area (Å²) in [6, 6.07) is 0. The number of aliphatic carboxylic acids is 1. The van der Waals surface area contributed by atoms with Crippen molar-refractivity contribution in [2.24, 2.45) is 0 Å². The van der Waals surface area contributed by atoms with Crippen LogP contribution in [-0.4, -0.2) is 33.5 Å². The van der Waals surface area contributed by atoms with E-state index >= 15 is 0 Å². The fourth-order valence-electron chi connectivity index (χ4n) is 0.355. The summed E-state index contributed by atoms with van der Waals surface area (Å²) in [6.07, 6.45) is -1.35. The second-order valence-corrected chi connectivity index (χ2v) is 3.40. The third-order valence-electron chi connectivity index (χ3n) is 0.868. The van der Waals surface area contributed by atoms with Crippen molar-refractivity contribution in [2.45, 2.75) is 12.8 Å². The molecule has 0 radical (unpaired) electrons. The molecule has 0 heterocycles. The summed E-state index contributed by atoms with van der Waals surface area (Å²) in [7, 11) is -3.74. The van der Waals surface area contributed by atoms with Crippen LogP contribution in [0.3, 0.4) is 0 Å². The zero-order valence-electron chi connectivity index (χ0n) is 7.84. The molecule has 0 spiro atoms. The number of rotatable bonds is 4. The van der Waals surface area contributed by atoms with Gasteiger partial charge in [0.1, 0.15) is 0 Å². The van der Waals surface area contributed by atoms with Gasteiger partial charge in [-0.05, 0) is 6.42 Å². The molecule has 0 saturated carbocycles. The van der Waals surface area contributed by atoms with Crippen LogP contribution in [0.25, 0.3) is 0 Å². The zero-order chi connectivity index (χ0) is 11.1. The van der Waals surface area contributed by atoms with Crippen molar-refractivity contribution in [3.8, 4) is 0 Å². The molecule has 7 nitrogen and oxygen atoms in total. The number of carbonyl (C=O) groups is 2. The number of carbonyl (C=O) groups excluding carboxylic acids is 2. The first-order chi connectivity index (χ1) is 5.84. The van der Waals surface area contributed by atoms with Crippen molar-refractivity contribution in [3.05, 3.63) is 0 Å². The Kier molecular flexibility index (Phi) is 13.0. The maximum atomic E-state index is 10.3. The monoisotopic (exact) mass is 220 g/mol. The SMILES string of the molecule is CO.O=C([O-])CCC(=O)P(=O)(O)O.[Li+]. The summed E-state index contributed by atoms with van der Waals surface area (Å²) in [5.74, 6) is -1.51. The van der Waals surface area contributed by atoms with Crippen LogP contribution in [0, 0.1) is 0 Å². The summed E-state index contributed by atoms with van der Waals surface area (Å²) < 4.78 is 10.1. The van der Waals surface area contributed by atoms with Crippen molar-refractivity contribution >= 4 is 19.1 Å². The molecule has 0 saturated heterocycles. The average molecular weight is 220 g/mol. The second-order valence-electron chi connectivity index (χ2n) is 1.81. The number of aliphatic hydroxyl groups is 1. The Bertz CT molecular complexity index is 222. The van der Waals surface area contributed by atoms with Crippen LogP contribution in [-0.2, 0) is 14.2 Å². The van der Waals surface area contributed by atoms with Crippen molar-refractivity contribution in [1.82, 2.24) is 0 Å². The third kappa shape index (κ3) is 11.8. The number of carboxylic acids is 1. The molecule has 0 amide bonds. The van der Waals surface area contributed by atoms with E-state index in [1.165, 1.54) is 0 Å². The summed E-state index contributed by atoms with van der Waals surface area (Å²) in [4.78, 5) is 36.3. The van der Waals surface area contributed by atoms with Crippen LogP contribution in [0.5, 0.6) is 0 Å². The molecule has 0 bridgehead atoms. The van der Waals surface area contributed by atoms with E-state index in [0.717, 1.165) is 7.11 Å². The van der Waals surface area contributed by atoms with Crippen LogP contribution in [0.2, 0.25) is 0 Å². The molecular formula is C5H10LiO7P. The molecule has 0 atom stereocenters. The Morgan fingerprint density at radius 1 is 1.21 bits per heavy atom. The van der Waals surface area contributed by atoms with E-state index in [1.807, 2.05) is 0 Å². The minimum atomic E-state index is -4.74. The molecule has 78 valence electrons. The van der Waals surface area contributed by atoms with Crippen LogP contribution in [0.15, 0.2) is 0 Å². The predicted octanol–water partition coefficient (Wildman–Crippen LogP) is -5.17. The van der Waals surface area contributed by atoms with Gasteiger partial charge in [0.05, 0.1) is 0 Å². The van der Waals surface area contributed by atoms with Gasteiger partial charge in [-0.3, -0.25) is 9.36 Å². The molecule has 0 aliphatic carbocycles. The van der Waals surface area contributed by atoms with Crippen LogP contribution < -0.4 is 24.0 Å². The quantitative estimate of drug-likeness (QED) is 0.318. The number of carboxylic acid groups (broad SMARTS) is 1. The third-order valence-corrected chi connectivity index (χ3v) is 1.74. The van der Waals surface area contributed by atoms with Crippen LogP contribution >= 0.6 is 7.60 Å². The van der Waals surface area contributed by atoms with Gasteiger partial charge in [0.25, 0.3) is 0 Å². The van der Waals surface area contributed by atoms with Crippen LogP contribution in [0.4, 0.5) is 0 Å². The smallest absolute Gasteiger partial charge is 0.550 e. The Morgan fingerprint density at radius 3 is 1.79 bits per heavy atom. The molecule has 14 heavy (non-hydrogen) atoms. The summed E-state index contributed by atoms with van der Waals surface area (Å²) in [5.41, 5.74) is -1.37. The average Bonchev–Trinajstić information content (AvgIpc) is 2.02. The molecule has 0 aromatic carbocycles. The molecule has 0 unspecified atom stereocenters. The molecule has 0 aliphatic heterocycles. The Morgan fingerprint density at radius 2 is 1.57 bits per heavy atom. The Balaban J connectivity index is -0.000000376. The molecule has 0 rings (SSSR count). The van der Waals surface area contributed by atoms with Gasteiger partial charge in [-0.1, -0.05) is 0 Å². The van der Waals surface area contributed by atoms with E-state index in [1.54, 1.807) is 0 Å². The van der Waals surface area contributed by atoms with Gasteiger partial charge in [0.2, 0.25) is 5.52 Å². The molecule has 0 aromatic rings. The maximum absolute atomic E-state index is 10.3. The van der Waals surface area contributed by atoms with Gasteiger partial charge >= 0.3 is 26.5 Å². The van der Waals surface area contributed by atoms with Crippen molar-refractivity contribution in [1.29, 1.82) is 0 Å².